The maximum Gasteiger partial charge on any atom is 0.314 e. The van der Waals surface area contributed by atoms with Gasteiger partial charge in [0, 0.05) is 19.3 Å². The number of carbonyl (C=O) groups excluding carboxylic acids is 4. The quantitative estimate of drug-likeness (QED) is 0.748. The monoisotopic (exact) mass is 308 g/mol. The highest BCUT2D eigenvalue weighted by Crippen LogP contribution is 2.17. The van der Waals surface area contributed by atoms with Gasteiger partial charge >= 0.3 is 11.8 Å². The standard InChI is InChI=1S/C12H12N4O4S/c17-9-7-21-12(20)16(9)6-5-14-10(18)11(19)15-8-3-1-2-4-13-8/h1-4H,5-7H2,(H,14,18)(H,13,15,19). The molecule has 0 aliphatic carbocycles. The molecule has 9 heteroatoms. The van der Waals surface area contributed by atoms with Crippen molar-refractivity contribution in [2.45, 2.75) is 0 Å². The summed E-state index contributed by atoms with van der Waals surface area (Å²) in [5.41, 5.74) is 0. The smallest absolute Gasteiger partial charge is 0.314 e. The van der Waals surface area contributed by atoms with Crippen LogP contribution in [0.5, 0.6) is 0 Å². The molecule has 2 rings (SSSR count). The topological polar surface area (TPSA) is 108 Å². The van der Waals surface area contributed by atoms with Crippen LogP contribution in [-0.4, -0.2) is 51.7 Å². The third kappa shape index (κ3) is 4.02. The van der Waals surface area contributed by atoms with Gasteiger partial charge in [0.25, 0.3) is 5.24 Å². The minimum atomic E-state index is -0.859. The van der Waals surface area contributed by atoms with Gasteiger partial charge in [0.1, 0.15) is 5.82 Å². The fourth-order valence-electron chi connectivity index (χ4n) is 1.57. The first-order valence-electron chi connectivity index (χ1n) is 6.05. The average Bonchev–Trinajstić information content (AvgIpc) is 2.80. The number of amides is 4. The van der Waals surface area contributed by atoms with E-state index in [1.165, 1.54) is 6.20 Å². The van der Waals surface area contributed by atoms with E-state index in [0.29, 0.717) is 0 Å². The zero-order valence-electron chi connectivity index (χ0n) is 10.9. The summed E-state index contributed by atoms with van der Waals surface area (Å²) < 4.78 is 0. The maximum absolute atomic E-state index is 11.6. The van der Waals surface area contributed by atoms with Crippen molar-refractivity contribution < 1.29 is 19.2 Å². The van der Waals surface area contributed by atoms with Gasteiger partial charge in [-0.1, -0.05) is 17.8 Å². The molecule has 1 saturated heterocycles. The summed E-state index contributed by atoms with van der Waals surface area (Å²) in [6, 6.07) is 4.89. The molecular weight excluding hydrogens is 296 g/mol. The van der Waals surface area contributed by atoms with Gasteiger partial charge < -0.3 is 10.6 Å². The Labute approximate surface area is 124 Å². The molecule has 1 aromatic rings. The van der Waals surface area contributed by atoms with Crippen molar-refractivity contribution in [2.75, 3.05) is 24.2 Å². The molecule has 1 aliphatic rings. The second kappa shape index (κ2) is 6.84. The molecule has 2 heterocycles. The number of carbonyl (C=O) groups is 4. The van der Waals surface area contributed by atoms with Gasteiger partial charge in [-0.25, -0.2) is 4.98 Å². The summed E-state index contributed by atoms with van der Waals surface area (Å²) in [5.74, 6) is -1.63. The van der Waals surface area contributed by atoms with Crippen LogP contribution in [0.25, 0.3) is 0 Å². The summed E-state index contributed by atoms with van der Waals surface area (Å²) in [6.45, 7) is 0.0692. The van der Waals surface area contributed by atoms with Crippen molar-refractivity contribution >= 4 is 40.5 Å². The zero-order valence-corrected chi connectivity index (χ0v) is 11.7. The second-order valence-electron chi connectivity index (χ2n) is 4.02. The van der Waals surface area contributed by atoms with Crippen LogP contribution in [0.15, 0.2) is 24.4 Å². The number of rotatable bonds is 4. The number of imide groups is 1. The van der Waals surface area contributed by atoms with Crippen LogP contribution in [0.1, 0.15) is 0 Å². The minimum absolute atomic E-state index is 0.0203. The first-order chi connectivity index (χ1) is 10.1. The van der Waals surface area contributed by atoms with Gasteiger partial charge in [-0.3, -0.25) is 24.1 Å². The molecule has 0 atom stereocenters. The number of hydrogen-bond donors (Lipinski definition) is 2. The van der Waals surface area contributed by atoms with E-state index < -0.39 is 11.8 Å². The van der Waals surface area contributed by atoms with Crippen molar-refractivity contribution in [1.82, 2.24) is 15.2 Å². The number of hydrogen-bond acceptors (Lipinski definition) is 6. The van der Waals surface area contributed by atoms with E-state index in [1.54, 1.807) is 18.2 Å². The van der Waals surface area contributed by atoms with Gasteiger partial charge in [-0.05, 0) is 12.1 Å². The van der Waals surface area contributed by atoms with Crippen LogP contribution in [0.2, 0.25) is 0 Å². The third-order valence-electron chi connectivity index (χ3n) is 2.57. The summed E-state index contributed by atoms with van der Waals surface area (Å²) in [4.78, 5) is 50.6. The highest BCUT2D eigenvalue weighted by atomic mass is 32.2. The molecule has 0 spiro atoms. The molecule has 0 aromatic carbocycles. The molecule has 0 bridgehead atoms. The van der Waals surface area contributed by atoms with Crippen LogP contribution in [0.4, 0.5) is 10.6 Å². The van der Waals surface area contributed by atoms with Crippen LogP contribution < -0.4 is 10.6 Å². The van der Waals surface area contributed by atoms with Crippen molar-refractivity contribution in [3.8, 4) is 0 Å². The van der Waals surface area contributed by atoms with E-state index in [2.05, 4.69) is 15.6 Å². The fourth-order valence-corrected chi connectivity index (χ4v) is 2.32. The van der Waals surface area contributed by atoms with E-state index in [-0.39, 0.29) is 35.8 Å². The van der Waals surface area contributed by atoms with Gasteiger partial charge in [-0.2, -0.15) is 0 Å². The minimum Gasteiger partial charge on any atom is -0.346 e. The number of nitrogens with one attached hydrogen (secondary N) is 2. The molecule has 1 aliphatic heterocycles. The number of nitrogens with zero attached hydrogens (tertiary/aromatic N) is 2. The van der Waals surface area contributed by atoms with E-state index in [9.17, 15) is 19.2 Å². The maximum atomic E-state index is 11.6. The van der Waals surface area contributed by atoms with Crippen molar-refractivity contribution in [3.63, 3.8) is 0 Å². The Kier molecular flexibility index (Phi) is 4.88. The molecular formula is C12H12N4O4S. The SMILES string of the molecule is O=C(NCCN1C(=O)CSC1=O)C(=O)Nc1ccccn1. The summed E-state index contributed by atoms with van der Waals surface area (Å²) in [7, 11) is 0. The Morgan fingerprint density at radius 1 is 1.29 bits per heavy atom. The Hall–Kier alpha value is -2.42. The Balaban J connectivity index is 1.75. The number of thioether (sulfide) groups is 1. The lowest BCUT2D eigenvalue weighted by atomic mass is 10.4. The highest BCUT2D eigenvalue weighted by Gasteiger charge is 2.29. The Morgan fingerprint density at radius 3 is 2.71 bits per heavy atom. The molecule has 0 saturated carbocycles. The lowest BCUT2D eigenvalue weighted by Crippen LogP contribution is -2.41. The molecule has 8 nitrogen and oxygen atoms in total. The average molecular weight is 308 g/mol. The van der Waals surface area contributed by atoms with E-state index >= 15 is 0 Å². The summed E-state index contributed by atoms with van der Waals surface area (Å²) in [6.07, 6.45) is 1.48. The largest absolute Gasteiger partial charge is 0.346 e. The lowest BCUT2D eigenvalue weighted by molar-refractivity contribution is -0.136. The van der Waals surface area contributed by atoms with Gasteiger partial charge in [-0.15, -0.1) is 0 Å². The zero-order chi connectivity index (χ0) is 15.2. The number of pyridine rings is 1. The predicted molar refractivity (Wildman–Crippen MR) is 75.4 cm³/mol. The van der Waals surface area contributed by atoms with Crippen LogP contribution in [0.3, 0.4) is 0 Å². The number of aromatic nitrogens is 1. The first kappa shape index (κ1) is 15.0. The molecule has 21 heavy (non-hydrogen) atoms. The number of anilines is 1. The molecule has 1 fully saturated rings. The highest BCUT2D eigenvalue weighted by molar-refractivity contribution is 8.14. The Bertz CT molecular complexity index is 562. The van der Waals surface area contributed by atoms with Gasteiger partial charge in [0.05, 0.1) is 5.75 Å². The molecule has 0 radical (unpaired) electrons. The first-order valence-corrected chi connectivity index (χ1v) is 7.04. The summed E-state index contributed by atoms with van der Waals surface area (Å²) in [5, 5.41) is 4.32. The van der Waals surface area contributed by atoms with Gasteiger partial charge in [0.2, 0.25) is 5.91 Å². The third-order valence-corrected chi connectivity index (χ3v) is 3.43. The van der Waals surface area contributed by atoms with Crippen molar-refractivity contribution in [3.05, 3.63) is 24.4 Å². The van der Waals surface area contributed by atoms with Crippen molar-refractivity contribution in [2.24, 2.45) is 0 Å². The van der Waals surface area contributed by atoms with E-state index in [1.807, 2.05) is 0 Å². The molecule has 2 N–H and O–H groups in total. The van der Waals surface area contributed by atoms with Crippen LogP contribution in [0, 0.1) is 0 Å². The summed E-state index contributed by atoms with van der Waals surface area (Å²) >= 11 is 0.918. The van der Waals surface area contributed by atoms with Crippen LogP contribution in [-0.2, 0) is 14.4 Å². The molecule has 4 amide bonds. The Morgan fingerprint density at radius 2 is 2.10 bits per heavy atom. The molecule has 1 aromatic heterocycles. The second-order valence-corrected chi connectivity index (χ2v) is 4.95. The fraction of sp³-hybridized carbons (Fsp3) is 0.250. The normalized spacial score (nSPS) is 14.2. The molecule has 0 unspecified atom stereocenters. The lowest BCUT2D eigenvalue weighted by Gasteiger charge is -2.12. The van der Waals surface area contributed by atoms with Crippen LogP contribution >= 0.6 is 11.8 Å². The van der Waals surface area contributed by atoms with E-state index in [0.717, 1.165) is 16.7 Å². The predicted octanol–water partition coefficient (Wildman–Crippen LogP) is -0.168. The van der Waals surface area contributed by atoms with E-state index in [4.69, 9.17) is 0 Å². The van der Waals surface area contributed by atoms with Crippen molar-refractivity contribution in [1.29, 1.82) is 0 Å². The molecule has 110 valence electrons. The van der Waals surface area contributed by atoms with Gasteiger partial charge in [0.15, 0.2) is 0 Å².